The van der Waals surface area contributed by atoms with Crippen LogP contribution < -0.4 is 11.1 Å². The Bertz CT molecular complexity index is 1300. The molecule has 5 nitrogen and oxygen atoms in total. The van der Waals surface area contributed by atoms with Crippen LogP contribution in [-0.4, -0.2) is 23.6 Å². The molecule has 0 bridgehead atoms. The minimum Gasteiger partial charge on any atom is -0.384 e. The van der Waals surface area contributed by atoms with Gasteiger partial charge in [0.25, 0.3) is 0 Å². The number of Topliss-reactive ketones (excluding diaryl/α,β-unsaturated/α-hetero) is 1. The highest BCUT2D eigenvalue weighted by molar-refractivity contribution is 5.98. The molecular weight excluding hydrogens is 446 g/mol. The molecule has 0 aromatic heterocycles. The van der Waals surface area contributed by atoms with Gasteiger partial charge in [-0.15, -0.1) is 0 Å². The third-order valence-corrected chi connectivity index (χ3v) is 6.46. The second-order valence-corrected chi connectivity index (χ2v) is 9.16. The van der Waals surface area contributed by atoms with Crippen LogP contribution in [-0.2, 0) is 22.4 Å². The molecule has 0 radical (unpaired) electrons. The monoisotopic (exact) mass is 477 g/mol. The minimum atomic E-state index is -0.551. The van der Waals surface area contributed by atoms with E-state index in [4.69, 9.17) is 11.1 Å². The maximum absolute atomic E-state index is 12.7. The van der Waals surface area contributed by atoms with E-state index in [-0.39, 0.29) is 17.5 Å². The van der Waals surface area contributed by atoms with Crippen LogP contribution in [0.25, 0.3) is 11.1 Å². The maximum Gasteiger partial charge on any atom is 0.248 e. The Morgan fingerprint density at radius 3 is 2.22 bits per heavy atom. The fourth-order valence-corrected chi connectivity index (χ4v) is 4.25. The highest BCUT2D eigenvalue weighted by Crippen LogP contribution is 2.24. The summed E-state index contributed by atoms with van der Waals surface area (Å²) in [5, 5.41) is 10.3. The van der Waals surface area contributed by atoms with Crippen LogP contribution in [0.1, 0.15) is 36.5 Å². The molecule has 0 saturated heterocycles. The Labute approximate surface area is 212 Å². The highest BCUT2D eigenvalue weighted by atomic mass is 16.2. The quantitative estimate of drug-likeness (QED) is 0.279. The molecule has 3 aromatic rings. The molecular formula is C31H31N3O2. The Morgan fingerprint density at radius 1 is 0.917 bits per heavy atom. The molecule has 0 unspecified atom stereocenters. The Balaban J connectivity index is 1.26. The molecule has 1 atom stereocenters. The van der Waals surface area contributed by atoms with Crippen molar-refractivity contribution >= 4 is 17.5 Å². The van der Waals surface area contributed by atoms with Crippen molar-refractivity contribution in [3.63, 3.8) is 0 Å². The molecule has 0 spiro atoms. The number of hydrogen-bond acceptors (Lipinski definition) is 3. The predicted molar refractivity (Wildman–Crippen MR) is 145 cm³/mol. The Hall–Kier alpha value is -4.25. The smallest absolute Gasteiger partial charge is 0.248 e. The first-order chi connectivity index (χ1) is 17.4. The lowest BCUT2D eigenvalue weighted by Gasteiger charge is -2.13. The molecule has 182 valence electrons. The summed E-state index contributed by atoms with van der Waals surface area (Å²) in [7, 11) is 0. The average molecular weight is 478 g/mol. The number of amidine groups is 1. The lowest BCUT2D eigenvalue weighted by atomic mass is 10.0. The van der Waals surface area contributed by atoms with E-state index >= 15 is 0 Å². The molecule has 5 heteroatoms. The van der Waals surface area contributed by atoms with Crippen molar-refractivity contribution in [2.75, 3.05) is 0 Å². The molecule has 1 aliphatic rings. The number of carbonyl (C=O) groups is 2. The molecule has 1 aliphatic carbocycles. The topological polar surface area (TPSA) is 96.0 Å². The van der Waals surface area contributed by atoms with Crippen LogP contribution in [0.4, 0.5) is 0 Å². The maximum atomic E-state index is 12.7. The second kappa shape index (κ2) is 11.5. The summed E-state index contributed by atoms with van der Waals surface area (Å²) in [5.74, 6) is -0.176. The minimum absolute atomic E-state index is 0.00993. The second-order valence-electron chi connectivity index (χ2n) is 9.16. The van der Waals surface area contributed by atoms with Crippen molar-refractivity contribution in [1.82, 2.24) is 5.32 Å². The molecule has 4 rings (SSSR count). The fourth-order valence-electron chi connectivity index (χ4n) is 4.25. The van der Waals surface area contributed by atoms with Crippen molar-refractivity contribution in [2.24, 2.45) is 5.73 Å². The summed E-state index contributed by atoms with van der Waals surface area (Å²) in [6.07, 6.45) is 6.28. The number of ketones is 1. The van der Waals surface area contributed by atoms with Gasteiger partial charge in [-0.1, -0.05) is 84.9 Å². The van der Waals surface area contributed by atoms with E-state index in [1.807, 2.05) is 36.4 Å². The van der Waals surface area contributed by atoms with Gasteiger partial charge < -0.3 is 11.1 Å². The van der Waals surface area contributed by atoms with Gasteiger partial charge in [-0.25, -0.2) is 0 Å². The largest absolute Gasteiger partial charge is 0.384 e. The molecule has 0 saturated carbocycles. The summed E-state index contributed by atoms with van der Waals surface area (Å²) in [6.45, 7) is 1.73. The number of aryl methyl sites for hydroxylation is 1. The van der Waals surface area contributed by atoms with Crippen LogP contribution in [0, 0.1) is 5.41 Å². The van der Waals surface area contributed by atoms with Crippen molar-refractivity contribution in [3.05, 3.63) is 119 Å². The number of amides is 1. The number of benzene rings is 3. The van der Waals surface area contributed by atoms with Crippen LogP contribution in [0.5, 0.6) is 0 Å². The summed E-state index contributed by atoms with van der Waals surface area (Å²) in [4.78, 5) is 25.3. The lowest BCUT2D eigenvalue weighted by molar-refractivity contribution is -0.125. The molecule has 0 aliphatic heterocycles. The van der Waals surface area contributed by atoms with E-state index in [9.17, 15) is 9.59 Å². The number of nitrogen functional groups attached to an aromatic ring is 1. The summed E-state index contributed by atoms with van der Waals surface area (Å²) < 4.78 is 0. The molecule has 1 amide bonds. The first-order valence-electron chi connectivity index (χ1n) is 12.2. The molecule has 0 heterocycles. The molecule has 4 N–H and O–H groups in total. The molecule has 36 heavy (non-hydrogen) atoms. The lowest BCUT2D eigenvalue weighted by Crippen LogP contribution is -2.39. The summed E-state index contributed by atoms with van der Waals surface area (Å²) >= 11 is 0. The van der Waals surface area contributed by atoms with Gasteiger partial charge in [-0.3, -0.25) is 15.0 Å². The van der Waals surface area contributed by atoms with E-state index < -0.39 is 6.04 Å². The highest BCUT2D eigenvalue weighted by Gasteiger charge is 2.20. The van der Waals surface area contributed by atoms with Crippen molar-refractivity contribution in [1.29, 1.82) is 5.41 Å². The number of allylic oxidation sites excluding steroid dienone is 3. The van der Waals surface area contributed by atoms with Crippen molar-refractivity contribution in [3.8, 4) is 11.1 Å². The summed E-state index contributed by atoms with van der Waals surface area (Å²) in [5.41, 5.74) is 12.5. The third kappa shape index (κ3) is 6.45. The molecule has 0 fully saturated rings. The van der Waals surface area contributed by atoms with Gasteiger partial charge in [0.2, 0.25) is 5.91 Å². The van der Waals surface area contributed by atoms with E-state index in [1.165, 1.54) is 16.7 Å². The van der Waals surface area contributed by atoms with Gasteiger partial charge in [0.05, 0.1) is 6.04 Å². The summed E-state index contributed by atoms with van der Waals surface area (Å²) in [6, 6.07) is 25.5. The van der Waals surface area contributed by atoms with Crippen LogP contribution in [0.2, 0.25) is 0 Å². The number of nitrogens with two attached hydrogens (primary N) is 1. The number of rotatable bonds is 10. The first-order valence-corrected chi connectivity index (χ1v) is 12.2. The standard InChI is InChI=1S/C31H31N3O2/c1-21(29(35)18-12-22-7-15-27(16-8-22)30(32)33)34-31(36)28-17-11-24(20-28)19-23-9-13-26(14-10-23)25-5-3-2-4-6-25/h2-11,13-16,20-21H,12,17-19H2,1H3,(H3,32,33)(H,34,36)/t21-/m0/s1. The van der Waals surface area contributed by atoms with E-state index in [0.717, 1.165) is 17.6 Å². The van der Waals surface area contributed by atoms with Gasteiger partial charge in [0.15, 0.2) is 5.78 Å². The number of carbonyl (C=O) groups excluding carboxylic acids is 2. The van der Waals surface area contributed by atoms with E-state index in [1.54, 1.807) is 19.1 Å². The van der Waals surface area contributed by atoms with E-state index in [0.29, 0.717) is 30.4 Å². The number of hydrogen-bond donors (Lipinski definition) is 3. The first kappa shape index (κ1) is 24.9. The Morgan fingerprint density at radius 2 is 1.56 bits per heavy atom. The zero-order valence-electron chi connectivity index (χ0n) is 20.5. The van der Waals surface area contributed by atoms with Crippen molar-refractivity contribution < 1.29 is 9.59 Å². The van der Waals surface area contributed by atoms with E-state index in [2.05, 4.69) is 47.8 Å². The van der Waals surface area contributed by atoms with Crippen LogP contribution in [0.15, 0.2) is 102 Å². The normalized spacial score (nSPS) is 13.5. The predicted octanol–water partition coefficient (Wildman–Crippen LogP) is 5.14. The van der Waals surface area contributed by atoms with Gasteiger partial charge in [0, 0.05) is 17.6 Å². The average Bonchev–Trinajstić information content (AvgIpc) is 3.37. The van der Waals surface area contributed by atoms with Crippen LogP contribution in [0.3, 0.4) is 0 Å². The number of nitrogens with one attached hydrogen (secondary N) is 2. The van der Waals surface area contributed by atoms with Gasteiger partial charge in [-0.05, 0) is 60.1 Å². The SMILES string of the molecule is C[C@H](NC(=O)C1=CC(Cc2ccc(-c3ccccc3)cc2)=CC1)C(=O)CCc1ccc(C(=N)N)cc1. The van der Waals surface area contributed by atoms with Crippen LogP contribution >= 0.6 is 0 Å². The van der Waals surface area contributed by atoms with Gasteiger partial charge in [-0.2, -0.15) is 0 Å². The zero-order chi connectivity index (χ0) is 25.5. The molecule has 3 aromatic carbocycles. The fraction of sp³-hybridized carbons (Fsp3) is 0.194. The Kier molecular flexibility index (Phi) is 7.91. The van der Waals surface area contributed by atoms with Gasteiger partial charge >= 0.3 is 0 Å². The zero-order valence-corrected chi connectivity index (χ0v) is 20.5. The van der Waals surface area contributed by atoms with Gasteiger partial charge in [0.1, 0.15) is 5.84 Å². The third-order valence-electron chi connectivity index (χ3n) is 6.46. The van der Waals surface area contributed by atoms with Crippen molar-refractivity contribution in [2.45, 2.75) is 38.6 Å².